The smallest absolute Gasteiger partial charge is 0.186 e. The molecule has 7 nitrogen and oxygen atoms in total. The zero-order valence-corrected chi connectivity index (χ0v) is 19.7. The Labute approximate surface area is 191 Å². The van der Waals surface area contributed by atoms with Gasteiger partial charge in [-0.1, -0.05) is 31.9 Å². The van der Waals surface area contributed by atoms with Crippen molar-refractivity contribution < 1.29 is 35.0 Å². The van der Waals surface area contributed by atoms with E-state index in [9.17, 15) is 25.5 Å². The summed E-state index contributed by atoms with van der Waals surface area (Å²) in [7, 11) is 0. The van der Waals surface area contributed by atoms with Crippen LogP contribution in [0.3, 0.4) is 0 Å². The van der Waals surface area contributed by atoms with Crippen molar-refractivity contribution in [2.24, 2.45) is 22.7 Å². The maximum absolute atomic E-state index is 11.0. The predicted molar refractivity (Wildman–Crippen MR) is 119 cm³/mol. The molecule has 5 N–H and O–H groups in total. The van der Waals surface area contributed by atoms with Crippen LogP contribution in [0.25, 0.3) is 0 Å². The Morgan fingerprint density at radius 1 is 1.06 bits per heavy atom. The second kappa shape index (κ2) is 8.91. The summed E-state index contributed by atoms with van der Waals surface area (Å²) >= 11 is 0. The van der Waals surface area contributed by atoms with Crippen LogP contribution < -0.4 is 0 Å². The lowest BCUT2D eigenvalue weighted by atomic mass is 9.48. The molecule has 4 aliphatic rings. The Morgan fingerprint density at radius 2 is 1.81 bits per heavy atom. The third kappa shape index (κ3) is 4.30. The molecule has 3 fully saturated rings. The molecular weight excluding hydrogens is 412 g/mol. The van der Waals surface area contributed by atoms with Crippen molar-refractivity contribution in [2.75, 3.05) is 13.2 Å². The highest BCUT2D eigenvalue weighted by atomic mass is 16.7. The van der Waals surface area contributed by atoms with E-state index in [0.29, 0.717) is 18.4 Å². The number of rotatable bonds is 5. The molecule has 0 radical (unpaired) electrons. The second-order valence-corrected chi connectivity index (χ2v) is 11.7. The zero-order chi connectivity index (χ0) is 23.3. The van der Waals surface area contributed by atoms with Gasteiger partial charge in [0.2, 0.25) is 0 Å². The van der Waals surface area contributed by atoms with E-state index in [1.807, 2.05) is 6.92 Å². The van der Waals surface area contributed by atoms with Gasteiger partial charge in [0.25, 0.3) is 0 Å². The number of fused-ring (bicyclic) bond motifs is 3. The average molecular weight is 455 g/mol. The van der Waals surface area contributed by atoms with Crippen molar-refractivity contribution >= 4 is 0 Å². The van der Waals surface area contributed by atoms with Gasteiger partial charge in [0.1, 0.15) is 24.4 Å². The molecule has 7 heteroatoms. The van der Waals surface area contributed by atoms with Gasteiger partial charge in [0.05, 0.1) is 18.8 Å². The van der Waals surface area contributed by atoms with Crippen LogP contribution >= 0.6 is 0 Å². The largest absolute Gasteiger partial charge is 0.394 e. The Kier molecular flexibility index (Phi) is 6.85. The van der Waals surface area contributed by atoms with Crippen LogP contribution in [0.4, 0.5) is 0 Å². The molecule has 0 spiro atoms. The van der Waals surface area contributed by atoms with E-state index < -0.39 is 42.9 Å². The number of aliphatic hydroxyl groups is 5. The molecule has 10 atom stereocenters. The molecule has 0 amide bonds. The highest BCUT2D eigenvalue weighted by molar-refractivity contribution is 5.24. The van der Waals surface area contributed by atoms with Crippen molar-refractivity contribution in [3.05, 3.63) is 11.6 Å². The highest BCUT2D eigenvalue weighted by Gasteiger charge is 2.55. The Balaban J connectivity index is 1.36. The predicted octanol–water partition coefficient (Wildman–Crippen LogP) is 1.89. The summed E-state index contributed by atoms with van der Waals surface area (Å²) in [5, 5.41) is 50.4. The van der Waals surface area contributed by atoms with E-state index in [0.717, 1.165) is 44.9 Å². The number of aliphatic hydroxyl groups excluding tert-OH is 4. The molecule has 3 aliphatic carbocycles. The summed E-state index contributed by atoms with van der Waals surface area (Å²) in [5.74, 6) is 0.865. The molecular formula is C25H42O7. The van der Waals surface area contributed by atoms with E-state index in [1.54, 1.807) is 0 Å². The minimum absolute atomic E-state index is 0.0802. The summed E-state index contributed by atoms with van der Waals surface area (Å²) in [6.07, 6.45) is 4.39. The van der Waals surface area contributed by atoms with Gasteiger partial charge in [-0.25, -0.2) is 0 Å². The van der Waals surface area contributed by atoms with E-state index in [4.69, 9.17) is 9.47 Å². The third-order valence-corrected chi connectivity index (χ3v) is 9.31. The molecule has 0 aromatic heterocycles. The number of hydrogen-bond acceptors (Lipinski definition) is 7. The van der Waals surface area contributed by atoms with Crippen LogP contribution in [0.1, 0.15) is 72.1 Å². The lowest BCUT2D eigenvalue weighted by Gasteiger charge is -2.58. The van der Waals surface area contributed by atoms with Crippen molar-refractivity contribution in [1.29, 1.82) is 0 Å². The van der Waals surface area contributed by atoms with Gasteiger partial charge in [0, 0.05) is 0 Å². The fourth-order valence-electron chi connectivity index (χ4n) is 7.29. The molecule has 2 saturated carbocycles. The summed E-state index contributed by atoms with van der Waals surface area (Å²) in [6.45, 7) is 6.62. The zero-order valence-electron chi connectivity index (χ0n) is 19.7. The average Bonchev–Trinajstić information content (AvgIpc) is 2.72. The highest BCUT2D eigenvalue weighted by Crippen LogP contribution is 2.61. The second-order valence-electron chi connectivity index (χ2n) is 11.7. The summed E-state index contributed by atoms with van der Waals surface area (Å²) < 4.78 is 11.2. The molecule has 0 unspecified atom stereocenters. The fourth-order valence-corrected chi connectivity index (χ4v) is 7.29. The summed E-state index contributed by atoms with van der Waals surface area (Å²) in [4.78, 5) is 0. The molecule has 32 heavy (non-hydrogen) atoms. The van der Waals surface area contributed by atoms with Crippen molar-refractivity contribution in [1.82, 2.24) is 0 Å². The first-order valence-electron chi connectivity index (χ1n) is 12.3. The first-order chi connectivity index (χ1) is 15.0. The summed E-state index contributed by atoms with van der Waals surface area (Å²) in [6, 6.07) is 0. The van der Waals surface area contributed by atoms with Gasteiger partial charge >= 0.3 is 0 Å². The number of ether oxygens (including phenoxy) is 2. The maximum Gasteiger partial charge on any atom is 0.186 e. The van der Waals surface area contributed by atoms with E-state index in [2.05, 4.69) is 19.9 Å². The van der Waals surface area contributed by atoms with Crippen LogP contribution in [-0.4, -0.2) is 75.1 Å². The van der Waals surface area contributed by atoms with Gasteiger partial charge in [-0.2, -0.15) is 0 Å². The van der Waals surface area contributed by atoms with E-state index >= 15 is 0 Å². The third-order valence-electron chi connectivity index (χ3n) is 9.31. The van der Waals surface area contributed by atoms with Gasteiger partial charge in [-0.05, 0) is 74.5 Å². The van der Waals surface area contributed by atoms with Crippen LogP contribution in [0.2, 0.25) is 0 Å². The molecule has 1 saturated heterocycles. The van der Waals surface area contributed by atoms with Crippen molar-refractivity contribution in [3.63, 3.8) is 0 Å². The molecule has 1 heterocycles. The van der Waals surface area contributed by atoms with Gasteiger partial charge < -0.3 is 35.0 Å². The SMILES string of the molecule is C[C@]1(CCO[C@@H]2O[C@@H](CO)[C@H](O)[C@@H](O)[C@H]2O)CC[C@H]2C(=CC[C@@H]3[C@]2(C)CCC[C@@]3(C)O)C1. The Hall–Kier alpha value is -0.540. The minimum Gasteiger partial charge on any atom is -0.394 e. The minimum atomic E-state index is -1.41. The van der Waals surface area contributed by atoms with E-state index in [-0.39, 0.29) is 10.8 Å². The molecule has 4 rings (SSSR count). The lowest BCUT2D eigenvalue weighted by Crippen LogP contribution is -2.59. The van der Waals surface area contributed by atoms with Crippen LogP contribution in [-0.2, 0) is 9.47 Å². The van der Waals surface area contributed by atoms with Gasteiger partial charge in [0.15, 0.2) is 6.29 Å². The lowest BCUT2D eigenvalue weighted by molar-refractivity contribution is -0.302. The number of allylic oxidation sites excluding steroid dienone is 2. The van der Waals surface area contributed by atoms with Crippen molar-refractivity contribution in [2.45, 2.75) is 108 Å². The topological polar surface area (TPSA) is 120 Å². The quantitative estimate of drug-likeness (QED) is 0.403. The molecule has 0 bridgehead atoms. The normalized spacial score (nSPS) is 51.5. The molecule has 0 aromatic rings. The fraction of sp³-hybridized carbons (Fsp3) is 0.920. The Morgan fingerprint density at radius 3 is 2.53 bits per heavy atom. The van der Waals surface area contributed by atoms with Crippen LogP contribution in [0, 0.1) is 22.7 Å². The molecule has 0 aromatic carbocycles. The molecule has 1 aliphatic heterocycles. The van der Waals surface area contributed by atoms with Gasteiger partial charge in [-0.3, -0.25) is 0 Å². The van der Waals surface area contributed by atoms with E-state index in [1.165, 1.54) is 12.0 Å². The monoisotopic (exact) mass is 454 g/mol. The number of hydrogen-bond donors (Lipinski definition) is 5. The van der Waals surface area contributed by atoms with Gasteiger partial charge in [-0.15, -0.1) is 0 Å². The standard InChI is InChI=1S/C25H42O7/c1-23(11-12-31-22-21(29)20(28)19(27)17(14-26)32-22)10-7-16-15(13-23)5-6-18-24(16,2)8-4-9-25(18,3)30/h5,16-22,26-30H,4,6-14H2,1-3H3/t16-,17-,18+,19-,20+,21+,22+,23+,24+,25+/m0/s1. The summed E-state index contributed by atoms with van der Waals surface area (Å²) in [5.41, 5.74) is 1.20. The maximum atomic E-state index is 11.0. The first-order valence-corrected chi connectivity index (χ1v) is 12.3. The van der Waals surface area contributed by atoms with Crippen LogP contribution in [0.15, 0.2) is 11.6 Å². The Bertz CT molecular complexity index is 706. The van der Waals surface area contributed by atoms with Crippen LogP contribution in [0.5, 0.6) is 0 Å². The first kappa shape index (κ1) is 24.6. The van der Waals surface area contributed by atoms with Crippen molar-refractivity contribution in [3.8, 4) is 0 Å². The molecule has 184 valence electrons.